The number of unbranched alkanes of at least 4 members (excludes halogenated alkanes) is 1. The second-order valence-corrected chi connectivity index (χ2v) is 5.95. The first-order valence-electron chi connectivity index (χ1n) is 6.99. The van der Waals surface area contributed by atoms with Gasteiger partial charge < -0.3 is 9.22 Å². The summed E-state index contributed by atoms with van der Waals surface area (Å²) in [5, 5.41) is 0. The van der Waals surface area contributed by atoms with Gasteiger partial charge in [0.25, 0.3) is 0 Å². The van der Waals surface area contributed by atoms with Gasteiger partial charge in [0, 0.05) is 0 Å². The smallest absolute Gasteiger partial charge is 0.338 e. The van der Waals surface area contributed by atoms with Crippen molar-refractivity contribution in [2.24, 2.45) is 0 Å². The molecule has 3 nitrogen and oxygen atoms in total. The maximum Gasteiger partial charge on any atom is 0.338 e. The minimum atomic E-state index is -0.226. The second-order valence-electron chi connectivity index (χ2n) is 5.95. The largest absolute Gasteiger partial charge is 0.456 e. The van der Waals surface area contributed by atoms with Gasteiger partial charge in [-0.1, -0.05) is 25.5 Å². The Morgan fingerprint density at radius 1 is 1.16 bits per heavy atom. The third kappa shape index (κ3) is 6.39. The number of likely N-dealkylation sites (N-methyl/N-ethyl adjacent to an activating group) is 1. The zero-order chi connectivity index (χ0) is 14.3. The van der Waals surface area contributed by atoms with E-state index in [1.54, 1.807) is 0 Å². The van der Waals surface area contributed by atoms with E-state index in [1.807, 2.05) is 24.3 Å². The lowest BCUT2D eigenvalue weighted by Gasteiger charge is -2.23. The number of rotatable bonds is 7. The maximum absolute atomic E-state index is 11.8. The summed E-state index contributed by atoms with van der Waals surface area (Å²) >= 11 is 0. The standard InChI is InChI=1S/C16H26NO2/c1-5-6-7-14-8-10-15(11-9-14)16(18)19-13-12-17(2,3)4/h8-11H,5-7,12-13H2,1-4H3/q+1. The highest BCUT2D eigenvalue weighted by molar-refractivity contribution is 5.89. The van der Waals surface area contributed by atoms with Crippen molar-refractivity contribution in [2.75, 3.05) is 34.3 Å². The Morgan fingerprint density at radius 3 is 2.32 bits per heavy atom. The molecule has 0 N–H and O–H groups in total. The second kappa shape index (κ2) is 7.29. The molecular formula is C16H26NO2+. The molecule has 0 aromatic heterocycles. The first kappa shape index (κ1) is 15.7. The van der Waals surface area contributed by atoms with E-state index in [-0.39, 0.29) is 5.97 Å². The van der Waals surface area contributed by atoms with Gasteiger partial charge >= 0.3 is 5.97 Å². The summed E-state index contributed by atoms with van der Waals surface area (Å²) in [5.41, 5.74) is 1.92. The van der Waals surface area contributed by atoms with Gasteiger partial charge in [-0.3, -0.25) is 0 Å². The van der Waals surface area contributed by atoms with Gasteiger partial charge in [-0.25, -0.2) is 4.79 Å². The van der Waals surface area contributed by atoms with Crippen LogP contribution >= 0.6 is 0 Å². The van der Waals surface area contributed by atoms with Gasteiger partial charge in [0.05, 0.1) is 26.7 Å². The van der Waals surface area contributed by atoms with E-state index in [0.29, 0.717) is 12.2 Å². The van der Waals surface area contributed by atoms with Crippen LogP contribution in [0.25, 0.3) is 0 Å². The summed E-state index contributed by atoms with van der Waals surface area (Å²) in [6, 6.07) is 7.76. The number of benzene rings is 1. The van der Waals surface area contributed by atoms with Gasteiger partial charge in [0.15, 0.2) is 0 Å². The fourth-order valence-electron chi connectivity index (χ4n) is 1.68. The number of carbonyl (C=O) groups excluding carboxylic acids is 1. The third-order valence-electron chi connectivity index (χ3n) is 3.00. The molecule has 0 radical (unpaired) electrons. The Bertz CT molecular complexity index is 390. The lowest BCUT2D eigenvalue weighted by molar-refractivity contribution is -0.870. The van der Waals surface area contributed by atoms with Gasteiger partial charge in [0.2, 0.25) is 0 Å². The molecule has 0 amide bonds. The van der Waals surface area contributed by atoms with E-state index in [4.69, 9.17) is 4.74 Å². The van der Waals surface area contributed by atoms with Crippen molar-refractivity contribution in [3.8, 4) is 0 Å². The maximum atomic E-state index is 11.8. The third-order valence-corrected chi connectivity index (χ3v) is 3.00. The number of carbonyl (C=O) groups is 1. The highest BCUT2D eigenvalue weighted by Crippen LogP contribution is 2.09. The van der Waals surface area contributed by atoms with Crippen molar-refractivity contribution in [3.63, 3.8) is 0 Å². The van der Waals surface area contributed by atoms with Crippen molar-refractivity contribution in [1.82, 2.24) is 0 Å². The van der Waals surface area contributed by atoms with Crippen LogP contribution in [0.3, 0.4) is 0 Å². The molecule has 0 atom stereocenters. The van der Waals surface area contributed by atoms with E-state index < -0.39 is 0 Å². The number of esters is 1. The molecule has 0 saturated carbocycles. The molecule has 19 heavy (non-hydrogen) atoms. The average Bonchev–Trinajstić information content (AvgIpc) is 2.35. The molecule has 0 aliphatic carbocycles. The summed E-state index contributed by atoms with van der Waals surface area (Å²) in [5.74, 6) is -0.226. The number of hydrogen-bond acceptors (Lipinski definition) is 2. The Balaban J connectivity index is 2.44. The van der Waals surface area contributed by atoms with Gasteiger partial charge in [0.1, 0.15) is 13.2 Å². The number of aryl methyl sites for hydroxylation is 1. The Hall–Kier alpha value is -1.35. The molecule has 0 aliphatic rings. The highest BCUT2D eigenvalue weighted by atomic mass is 16.5. The first-order chi connectivity index (χ1) is 8.92. The predicted octanol–water partition coefficient (Wildman–Crippen LogP) is 2.89. The quantitative estimate of drug-likeness (QED) is 0.559. The molecule has 1 aromatic carbocycles. The number of hydrogen-bond donors (Lipinski definition) is 0. The van der Waals surface area contributed by atoms with E-state index in [2.05, 4.69) is 28.1 Å². The average molecular weight is 264 g/mol. The molecule has 106 valence electrons. The van der Waals surface area contributed by atoms with Crippen molar-refractivity contribution in [2.45, 2.75) is 26.2 Å². The van der Waals surface area contributed by atoms with E-state index in [0.717, 1.165) is 17.4 Å². The van der Waals surface area contributed by atoms with Crippen LogP contribution in [0.1, 0.15) is 35.7 Å². The lowest BCUT2D eigenvalue weighted by Crippen LogP contribution is -2.38. The van der Waals surface area contributed by atoms with Crippen LogP contribution in [-0.2, 0) is 11.2 Å². The minimum Gasteiger partial charge on any atom is -0.456 e. The minimum absolute atomic E-state index is 0.226. The van der Waals surface area contributed by atoms with Crippen LogP contribution in [-0.4, -0.2) is 44.7 Å². The van der Waals surface area contributed by atoms with Crippen LogP contribution in [0.4, 0.5) is 0 Å². The Morgan fingerprint density at radius 2 is 1.79 bits per heavy atom. The lowest BCUT2D eigenvalue weighted by atomic mass is 10.1. The summed E-state index contributed by atoms with van der Waals surface area (Å²) in [7, 11) is 6.24. The van der Waals surface area contributed by atoms with E-state index in [1.165, 1.54) is 18.4 Å². The van der Waals surface area contributed by atoms with Crippen LogP contribution < -0.4 is 0 Å². The summed E-state index contributed by atoms with van der Waals surface area (Å²) in [4.78, 5) is 11.8. The molecule has 0 saturated heterocycles. The molecule has 1 rings (SSSR count). The van der Waals surface area contributed by atoms with Gasteiger partial charge in [-0.05, 0) is 30.5 Å². The normalized spacial score (nSPS) is 11.4. The molecule has 1 aromatic rings. The molecule has 0 bridgehead atoms. The van der Waals surface area contributed by atoms with Crippen molar-refractivity contribution in [3.05, 3.63) is 35.4 Å². The zero-order valence-electron chi connectivity index (χ0n) is 12.6. The number of ether oxygens (including phenoxy) is 1. The molecule has 0 fully saturated rings. The first-order valence-corrected chi connectivity index (χ1v) is 6.99. The number of nitrogens with zero attached hydrogens (tertiary/aromatic N) is 1. The fourth-order valence-corrected chi connectivity index (χ4v) is 1.68. The summed E-state index contributed by atoms with van der Waals surface area (Å²) < 4.78 is 6.07. The van der Waals surface area contributed by atoms with Crippen molar-refractivity contribution in [1.29, 1.82) is 0 Å². The number of quaternary nitrogens is 1. The molecular weight excluding hydrogens is 238 g/mol. The van der Waals surface area contributed by atoms with Crippen LogP contribution in [0, 0.1) is 0 Å². The monoisotopic (exact) mass is 264 g/mol. The van der Waals surface area contributed by atoms with Crippen LogP contribution in [0.5, 0.6) is 0 Å². The molecule has 0 heterocycles. The topological polar surface area (TPSA) is 26.3 Å². The Labute approximate surface area is 116 Å². The van der Waals surface area contributed by atoms with Crippen LogP contribution in [0.2, 0.25) is 0 Å². The van der Waals surface area contributed by atoms with Gasteiger partial charge in [-0.2, -0.15) is 0 Å². The fraction of sp³-hybridized carbons (Fsp3) is 0.562. The molecule has 0 unspecified atom stereocenters. The SMILES string of the molecule is CCCCc1ccc(C(=O)OCC[N+](C)(C)C)cc1. The zero-order valence-corrected chi connectivity index (χ0v) is 12.6. The predicted molar refractivity (Wildman–Crippen MR) is 78.2 cm³/mol. The van der Waals surface area contributed by atoms with Gasteiger partial charge in [-0.15, -0.1) is 0 Å². The van der Waals surface area contributed by atoms with Crippen molar-refractivity contribution >= 4 is 5.97 Å². The van der Waals surface area contributed by atoms with E-state index >= 15 is 0 Å². The molecule has 0 spiro atoms. The highest BCUT2D eigenvalue weighted by Gasteiger charge is 2.11. The van der Waals surface area contributed by atoms with Crippen molar-refractivity contribution < 1.29 is 14.0 Å². The molecule has 0 aliphatic heterocycles. The molecule has 3 heteroatoms. The van der Waals surface area contributed by atoms with Crippen LogP contribution in [0.15, 0.2) is 24.3 Å². The Kier molecular flexibility index (Phi) is 6.03. The summed E-state index contributed by atoms with van der Waals surface area (Å²) in [6.07, 6.45) is 3.45. The van der Waals surface area contributed by atoms with E-state index in [9.17, 15) is 4.79 Å². The summed E-state index contributed by atoms with van der Waals surface area (Å²) in [6.45, 7) is 3.46.